The van der Waals surface area contributed by atoms with Crippen LogP contribution in [0.15, 0.2) is 5.10 Å². The van der Waals surface area contributed by atoms with Crippen molar-refractivity contribution in [3.63, 3.8) is 0 Å². The quantitative estimate of drug-likeness (QED) is 0.199. The second kappa shape index (κ2) is 11.0. The van der Waals surface area contributed by atoms with Gasteiger partial charge < -0.3 is 4.79 Å². The molecule has 24 heavy (non-hydrogen) atoms. The Morgan fingerprint density at radius 1 is 1.33 bits per heavy atom. The summed E-state index contributed by atoms with van der Waals surface area (Å²) in [4.78, 5) is 46.9. The Bertz CT molecular complexity index is 508. The van der Waals surface area contributed by atoms with Crippen LogP contribution in [0, 0.1) is 0 Å². The Kier molecular flexibility index (Phi) is 9.29. The summed E-state index contributed by atoms with van der Waals surface area (Å²) in [6.07, 6.45) is 6.38. The summed E-state index contributed by atoms with van der Waals surface area (Å²) in [5.74, 6) is -0.362. The van der Waals surface area contributed by atoms with Crippen LogP contribution in [-0.4, -0.2) is 52.7 Å². The molecule has 0 bridgehead atoms. The molecule has 1 rings (SSSR count). The number of carbonyl (C=O) groups is 4. The van der Waals surface area contributed by atoms with E-state index in [0.29, 0.717) is 50.8 Å². The normalized spacial score (nSPS) is 18.2. The summed E-state index contributed by atoms with van der Waals surface area (Å²) in [6, 6.07) is 0. The van der Waals surface area contributed by atoms with Gasteiger partial charge in [0, 0.05) is 31.5 Å². The van der Waals surface area contributed by atoms with Gasteiger partial charge in [-0.3, -0.25) is 19.3 Å². The molecule has 0 aromatic heterocycles. The molecule has 134 valence electrons. The number of nitrogens with one attached hydrogen (secondary N) is 1. The number of unbranched alkanes of at least 4 members (excludes halogenated alkanes) is 2. The van der Waals surface area contributed by atoms with Crippen molar-refractivity contribution < 1.29 is 19.2 Å². The zero-order chi connectivity index (χ0) is 17.9. The Balaban J connectivity index is 2.15. The molecule has 0 saturated carbocycles. The minimum Gasteiger partial charge on any atom is -0.303 e. The number of carbonyl (C=O) groups excluding carboxylic acids is 4. The first-order valence-electron chi connectivity index (χ1n) is 8.12. The van der Waals surface area contributed by atoms with Gasteiger partial charge in [0.05, 0.1) is 5.25 Å². The maximum atomic E-state index is 11.9. The van der Waals surface area contributed by atoms with Crippen molar-refractivity contribution in [2.75, 3.05) is 12.8 Å². The minimum atomic E-state index is -0.233. The van der Waals surface area contributed by atoms with E-state index in [0.717, 1.165) is 12.7 Å². The average Bonchev–Trinajstić information content (AvgIpc) is 2.84. The molecule has 1 fully saturated rings. The molecule has 0 aromatic rings. The third-order valence-electron chi connectivity index (χ3n) is 3.77. The lowest BCUT2D eigenvalue weighted by Crippen LogP contribution is -2.32. The molecule has 1 N–H and O–H groups in total. The maximum Gasteiger partial charge on any atom is 0.242 e. The highest BCUT2D eigenvalue weighted by molar-refractivity contribution is 8.00. The molecule has 1 unspecified atom stereocenters. The number of aldehydes is 1. The number of amides is 3. The Hall–Kier alpha value is -1.70. The number of imide groups is 1. The molecule has 8 heteroatoms. The predicted octanol–water partition coefficient (Wildman–Crippen LogP) is 1.51. The molecule has 0 aliphatic carbocycles. The first-order valence-corrected chi connectivity index (χ1v) is 9.41. The Morgan fingerprint density at radius 2 is 2.08 bits per heavy atom. The molecular formula is C16H25N3O4S. The second-order valence-electron chi connectivity index (χ2n) is 5.71. The SMILES string of the molecule is CSC1CC(=O)N(CCCCCC(=O)N/N=C(/C)CCC=O)C1=O. The van der Waals surface area contributed by atoms with Crippen molar-refractivity contribution in [2.24, 2.45) is 5.10 Å². The first kappa shape index (κ1) is 20.3. The summed E-state index contributed by atoms with van der Waals surface area (Å²) >= 11 is 1.41. The lowest BCUT2D eigenvalue weighted by atomic mass is 10.2. The van der Waals surface area contributed by atoms with E-state index in [9.17, 15) is 19.2 Å². The number of hydrazone groups is 1. The molecule has 1 aliphatic rings. The van der Waals surface area contributed by atoms with Crippen LogP contribution < -0.4 is 5.43 Å². The zero-order valence-electron chi connectivity index (χ0n) is 14.2. The van der Waals surface area contributed by atoms with Crippen molar-refractivity contribution in [2.45, 2.75) is 57.1 Å². The molecule has 7 nitrogen and oxygen atoms in total. The largest absolute Gasteiger partial charge is 0.303 e. The molecule has 3 amide bonds. The van der Waals surface area contributed by atoms with Crippen molar-refractivity contribution in [3.05, 3.63) is 0 Å². The van der Waals surface area contributed by atoms with Crippen LogP contribution in [0.3, 0.4) is 0 Å². The third-order valence-corrected chi connectivity index (χ3v) is 4.71. The van der Waals surface area contributed by atoms with Gasteiger partial charge in [-0.15, -0.1) is 0 Å². The van der Waals surface area contributed by atoms with E-state index in [2.05, 4.69) is 10.5 Å². The maximum absolute atomic E-state index is 11.9. The molecule has 1 saturated heterocycles. The Labute approximate surface area is 146 Å². The number of hydrogen-bond acceptors (Lipinski definition) is 6. The number of thioether (sulfide) groups is 1. The minimum absolute atomic E-state index is 0.0922. The second-order valence-corrected chi connectivity index (χ2v) is 6.75. The highest BCUT2D eigenvalue weighted by Crippen LogP contribution is 2.23. The summed E-state index contributed by atoms with van der Waals surface area (Å²) in [6.45, 7) is 2.19. The number of nitrogens with zero attached hydrogens (tertiary/aromatic N) is 2. The molecule has 0 aromatic carbocycles. The standard InChI is InChI=1S/C16H25N3O4S/c1-12(7-6-10-20)17-18-14(21)8-4-3-5-9-19-15(22)11-13(24-2)16(19)23/h10,13H,3-9,11H2,1-2H3,(H,18,21)/b17-12-. The van der Waals surface area contributed by atoms with Crippen LogP contribution in [0.4, 0.5) is 0 Å². The summed E-state index contributed by atoms with van der Waals surface area (Å²) in [7, 11) is 0. The first-order chi connectivity index (χ1) is 11.5. The lowest BCUT2D eigenvalue weighted by Gasteiger charge is -2.14. The van der Waals surface area contributed by atoms with E-state index < -0.39 is 0 Å². The molecule has 0 radical (unpaired) electrons. The fourth-order valence-electron chi connectivity index (χ4n) is 2.34. The van der Waals surface area contributed by atoms with E-state index >= 15 is 0 Å². The van der Waals surface area contributed by atoms with Crippen LogP contribution >= 0.6 is 11.8 Å². The van der Waals surface area contributed by atoms with E-state index in [1.54, 1.807) is 6.92 Å². The summed E-state index contributed by atoms with van der Waals surface area (Å²) in [5.41, 5.74) is 3.18. The van der Waals surface area contributed by atoms with E-state index in [-0.39, 0.29) is 23.0 Å². The monoisotopic (exact) mass is 355 g/mol. The Morgan fingerprint density at radius 3 is 2.71 bits per heavy atom. The summed E-state index contributed by atoms with van der Waals surface area (Å²) in [5, 5.41) is 3.69. The highest BCUT2D eigenvalue weighted by Gasteiger charge is 2.37. The van der Waals surface area contributed by atoms with Gasteiger partial charge in [0.2, 0.25) is 17.7 Å². The van der Waals surface area contributed by atoms with Gasteiger partial charge in [0.25, 0.3) is 0 Å². The number of rotatable bonds is 11. The van der Waals surface area contributed by atoms with Crippen LogP contribution in [0.5, 0.6) is 0 Å². The van der Waals surface area contributed by atoms with Gasteiger partial charge in [-0.2, -0.15) is 16.9 Å². The lowest BCUT2D eigenvalue weighted by molar-refractivity contribution is -0.138. The van der Waals surface area contributed by atoms with Crippen molar-refractivity contribution in [1.29, 1.82) is 0 Å². The number of hydrogen-bond donors (Lipinski definition) is 1. The van der Waals surface area contributed by atoms with Crippen LogP contribution in [0.1, 0.15) is 51.9 Å². The van der Waals surface area contributed by atoms with Crippen molar-refractivity contribution in [1.82, 2.24) is 10.3 Å². The van der Waals surface area contributed by atoms with Gasteiger partial charge in [-0.25, -0.2) is 5.43 Å². The van der Waals surface area contributed by atoms with E-state index in [4.69, 9.17) is 0 Å². The van der Waals surface area contributed by atoms with Crippen molar-refractivity contribution in [3.8, 4) is 0 Å². The van der Waals surface area contributed by atoms with Crippen molar-refractivity contribution >= 4 is 41.5 Å². The molecule has 1 heterocycles. The summed E-state index contributed by atoms with van der Waals surface area (Å²) < 4.78 is 0. The average molecular weight is 355 g/mol. The highest BCUT2D eigenvalue weighted by atomic mass is 32.2. The van der Waals surface area contributed by atoms with Gasteiger partial charge in [-0.1, -0.05) is 6.42 Å². The van der Waals surface area contributed by atoms with Crippen LogP contribution in [0.2, 0.25) is 0 Å². The zero-order valence-corrected chi connectivity index (χ0v) is 15.1. The van der Waals surface area contributed by atoms with E-state index in [1.165, 1.54) is 16.7 Å². The fourth-order valence-corrected chi connectivity index (χ4v) is 2.98. The van der Waals surface area contributed by atoms with Gasteiger partial charge in [0.15, 0.2) is 0 Å². The molecular weight excluding hydrogens is 330 g/mol. The third kappa shape index (κ3) is 6.82. The van der Waals surface area contributed by atoms with Crippen LogP contribution in [-0.2, 0) is 19.2 Å². The molecule has 0 spiro atoms. The molecule has 1 atom stereocenters. The number of likely N-dealkylation sites (tertiary alicyclic amines) is 1. The fraction of sp³-hybridized carbons (Fsp3) is 0.688. The van der Waals surface area contributed by atoms with Gasteiger partial charge in [-0.05, 0) is 32.4 Å². The molecule has 1 aliphatic heterocycles. The smallest absolute Gasteiger partial charge is 0.242 e. The topological polar surface area (TPSA) is 95.9 Å². The van der Waals surface area contributed by atoms with Gasteiger partial charge >= 0.3 is 0 Å². The van der Waals surface area contributed by atoms with E-state index in [1.807, 2.05) is 6.26 Å². The van der Waals surface area contributed by atoms with Gasteiger partial charge in [0.1, 0.15) is 6.29 Å². The van der Waals surface area contributed by atoms with Crippen LogP contribution in [0.25, 0.3) is 0 Å². The predicted molar refractivity (Wildman–Crippen MR) is 93.7 cm³/mol.